The predicted octanol–water partition coefficient (Wildman–Crippen LogP) is 4.86. The monoisotopic (exact) mass is 242 g/mol. The Bertz CT molecular complexity index is 166. The Hall–Kier alpha value is -0.530. The Kier molecular flexibility index (Phi) is 13.1. The van der Waals surface area contributed by atoms with Crippen LogP contribution in [0.15, 0.2) is 0 Å². The summed E-state index contributed by atoms with van der Waals surface area (Å²) < 4.78 is 5.18. The van der Waals surface area contributed by atoms with Crippen molar-refractivity contribution in [3.8, 4) is 0 Å². The molecule has 0 aliphatic carbocycles. The zero-order valence-corrected chi connectivity index (χ0v) is 11.8. The lowest BCUT2D eigenvalue weighted by Crippen LogP contribution is -2.05. The van der Waals surface area contributed by atoms with Gasteiger partial charge in [-0.25, -0.2) is 0 Å². The van der Waals surface area contributed by atoms with Gasteiger partial charge in [0.25, 0.3) is 0 Å². The molecular formula is C15H30O2. The van der Waals surface area contributed by atoms with Crippen molar-refractivity contribution in [2.75, 3.05) is 6.61 Å². The van der Waals surface area contributed by atoms with Crippen LogP contribution in [0.25, 0.3) is 0 Å². The Morgan fingerprint density at radius 3 is 1.94 bits per heavy atom. The quantitative estimate of drug-likeness (QED) is 0.361. The van der Waals surface area contributed by atoms with E-state index in [-0.39, 0.29) is 5.97 Å². The molecule has 0 aromatic heterocycles. The van der Waals surface area contributed by atoms with Crippen molar-refractivity contribution in [1.82, 2.24) is 0 Å². The first-order valence-corrected chi connectivity index (χ1v) is 7.46. The molecule has 0 aromatic rings. The number of unbranched alkanes of at least 4 members (excludes halogenated alkanes) is 8. The van der Waals surface area contributed by atoms with Gasteiger partial charge in [-0.15, -0.1) is 0 Å². The number of hydrogen-bond acceptors (Lipinski definition) is 2. The van der Waals surface area contributed by atoms with Gasteiger partial charge in [0.05, 0.1) is 6.61 Å². The third-order valence-corrected chi connectivity index (χ3v) is 3.00. The molecule has 0 saturated carbocycles. The van der Waals surface area contributed by atoms with Crippen LogP contribution in [0.3, 0.4) is 0 Å². The van der Waals surface area contributed by atoms with Gasteiger partial charge in [0.15, 0.2) is 0 Å². The lowest BCUT2D eigenvalue weighted by Gasteiger charge is -2.04. The van der Waals surface area contributed by atoms with E-state index in [0.29, 0.717) is 13.0 Å². The number of esters is 1. The van der Waals surface area contributed by atoms with Crippen LogP contribution in [0, 0.1) is 0 Å². The molecule has 2 heteroatoms. The summed E-state index contributed by atoms with van der Waals surface area (Å²) >= 11 is 0. The summed E-state index contributed by atoms with van der Waals surface area (Å²) in [6.07, 6.45) is 12.6. The van der Waals surface area contributed by atoms with E-state index < -0.39 is 0 Å². The van der Waals surface area contributed by atoms with Crippen molar-refractivity contribution < 1.29 is 9.53 Å². The summed E-state index contributed by atoms with van der Waals surface area (Å²) in [6, 6.07) is 0. The lowest BCUT2D eigenvalue weighted by molar-refractivity contribution is -0.143. The maximum Gasteiger partial charge on any atom is 0.305 e. The molecule has 2 nitrogen and oxygen atoms in total. The van der Waals surface area contributed by atoms with E-state index in [1.54, 1.807) is 0 Å². The van der Waals surface area contributed by atoms with E-state index in [0.717, 1.165) is 12.8 Å². The molecule has 17 heavy (non-hydrogen) atoms. The predicted molar refractivity (Wildman–Crippen MR) is 73.1 cm³/mol. The van der Waals surface area contributed by atoms with E-state index in [9.17, 15) is 4.79 Å². The Morgan fingerprint density at radius 1 is 0.765 bits per heavy atom. The van der Waals surface area contributed by atoms with Gasteiger partial charge in [-0.1, -0.05) is 65.2 Å². The van der Waals surface area contributed by atoms with Crippen LogP contribution in [-0.4, -0.2) is 12.6 Å². The first kappa shape index (κ1) is 16.5. The number of rotatable bonds is 12. The van der Waals surface area contributed by atoms with Gasteiger partial charge in [0.1, 0.15) is 0 Å². The third kappa shape index (κ3) is 13.4. The first-order chi connectivity index (χ1) is 8.31. The number of ether oxygens (including phenoxy) is 1. The lowest BCUT2D eigenvalue weighted by atomic mass is 10.1. The summed E-state index contributed by atoms with van der Waals surface area (Å²) in [5, 5.41) is 0. The van der Waals surface area contributed by atoms with Gasteiger partial charge < -0.3 is 4.74 Å². The molecule has 0 N–H and O–H groups in total. The molecule has 0 aliphatic rings. The molecule has 0 bridgehead atoms. The summed E-state index contributed by atoms with van der Waals surface area (Å²) in [5.41, 5.74) is 0. The van der Waals surface area contributed by atoms with Gasteiger partial charge >= 0.3 is 5.97 Å². The number of hydrogen-bond donors (Lipinski definition) is 0. The fourth-order valence-electron chi connectivity index (χ4n) is 1.84. The molecule has 0 aliphatic heterocycles. The van der Waals surface area contributed by atoms with E-state index >= 15 is 0 Å². The van der Waals surface area contributed by atoms with Crippen LogP contribution < -0.4 is 0 Å². The van der Waals surface area contributed by atoms with Gasteiger partial charge in [0.2, 0.25) is 0 Å². The minimum absolute atomic E-state index is 0.00279. The Morgan fingerprint density at radius 2 is 1.29 bits per heavy atom. The minimum atomic E-state index is -0.00279. The molecule has 0 atom stereocenters. The Balaban J connectivity index is 3.12. The van der Waals surface area contributed by atoms with Crippen LogP contribution in [-0.2, 0) is 9.53 Å². The third-order valence-electron chi connectivity index (χ3n) is 3.00. The van der Waals surface area contributed by atoms with Crippen molar-refractivity contribution in [2.24, 2.45) is 0 Å². The van der Waals surface area contributed by atoms with E-state index in [2.05, 4.69) is 13.8 Å². The second-order valence-corrected chi connectivity index (χ2v) is 4.80. The normalized spacial score (nSPS) is 10.5. The van der Waals surface area contributed by atoms with Gasteiger partial charge in [-0.2, -0.15) is 0 Å². The van der Waals surface area contributed by atoms with Gasteiger partial charge in [-0.05, 0) is 12.8 Å². The van der Waals surface area contributed by atoms with E-state index in [1.165, 1.54) is 51.4 Å². The van der Waals surface area contributed by atoms with Crippen LogP contribution in [0.2, 0.25) is 0 Å². The molecule has 0 fully saturated rings. The highest BCUT2D eigenvalue weighted by molar-refractivity contribution is 5.69. The molecule has 0 heterocycles. The second-order valence-electron chi connectivity index (χ2n) is 4.80. The molecule has 0 rings (SSSR count). The maximum atomic E-state index is 11.3. The largest absolute Gasteiger partial charge is 0.466 e. The molecular weight excluding hydrogens is 212 g/mol. The number of carbonyl (C=O) groups excluding carboxylic acids is 1. The number of carbonyl (C=O) groups is 1. The molecule has 0 unspecified atom stereocenters. The minimum Gasteiger partial charge on any atom is -0.466 e. The topological polar surface area (TPSA) is 26.3 Å². The summed E-state index contributed by atoms with van der Waals surface area (Å²) in [6.45, 7) is 5.02. The Labute approximate surface area is 107 Å². The average Bonchev–Trinajstić information content (AvgIpc) is 2.33. The highest BCUT2D eigenvalue weighted by atomic mass is 16.5. The van der Waals surface area contributed by atoms with Crippen molar-refractivity contribution >= 4 is 5.97 Å². The summed E-state index contributed by atoms with van der Waals surface area (Å²) in [5.74, 6) is -0.00279. The molecule has 0 radical (unpaired) electrons. The molecule has 0 saturated heterocycles. The molecule has 102 valence electrons. The van der Waals surface area contributed by atoms with Crippen molar-refractivity contribution in [1.29, 1.82) is 0 Å². The van der Waals surface area contributed by atoms with Crippen molar-refractivity contribution in [3.63, 3.8) is 0 Å². The highest BCUT2D eigenvalue weighted by Crippen LogP contribution is 2.07. The van der Waals surface area contributed by atoms with Gasteiger partial charge in [0, 0.05) is 6.42 Å². The van der Waals surface area contributed by atoms with Crippen LogP contribution in [0.5, 0.6) is 0 Å². The fourth-order valence-corrected chi connectivity index (χ4v) is 1.84. The summed E-state index contributed by atoms with van der Waals surface area (Å²) in [7, 11) is 0. The zero-order chi connectivity index (χ0) is 12.8. The molecule has 0 spiro atoms. The summed E-state index contributed by atoms with van der Waals surface area (Å²) in [4.78, 5) is 11.3. The van der Waals surface area contributed by atoms with Crippen LogP contribution in [0.4, 0.5) is 0 Å². The smallest absolute Gasteiger partial charge is 0.305 e. The SMILES string of the molecule is CCCCCCCCC(=O)OCCCCCC. The fraction of sp³-hybridized carbons (Fsp3) is 0.933. The average molecular weight is 242 g/mol. The van der Waals surface area contributed by atoms with Crippen LogP contribution in [0.1, 0.15) is 84.5 Å². The van der Waals surface area contributed by atoms with E-state index in [4.69, 9.17) is 4.74 Å². The van der Waals surface area contributed by atoms with Crippen LogP contribution >= 0.6 is 0 Å². The van der Waals surface area contributed by atoms with Crippen molar-refractivity contribution in [3.05, 3.63) is 0 Å². The second kappa shape index (κ2) is 13.5. The zero-order valence-electron chi connectivity index (χ0n) is 11.8. The maximum absolute atomic E-state index is 11.3. The first-order valence-electron chi connectivity index (χ1n) is 7.46. The molecule has 0 amide bonds. The highest BCUT2D eigenvalue weighted by Gasteiger charge is 2.01. The standard InChI is InChI=1S/C15H30O2/c1-3-5-7-9-10-11-13-15(16)17-14-12-8-6-4-2/h3-14H2,1-2H3. The molecule has 0 aromatic carbocycles. The van der Waals surface area contributed by atoms with Crippen molar-refractivity contribution in [2.45, 2.75) is 84.5 Å². The van der Waals surface area contributed by atoms with E-state index in [1.807, 2.05) is 0 Å². The van der Waals surface area contributed by atoms with Gasteiger partial charge in [-0.3, -0.25) is 4.79 Å².